The molecule has 0 bridgehead atoms. The first-order valence-corrected chi connectivity index (χ1v) is 6.40. The number of allylic oxidation sites excluding steroid dienone is 1. The van der Waals surface area contributed by atoms with Gasteiger partial charge in [-0.05, 0) is 30.2 Å². The van der Waals surface area contributed by atoms with E-state index in [1.807, 2.05) is 30.3 Å². The van der Waals surface area contributed by atoms with Crippen LogP contribution in [-0.2, 0) is 11.2 Å². The van der Waals surface area contributed by atoms with E-state index in [0.29, 0.717) is 5.76 Å². The molecule has 21 heavy (non-hydrogen) atoms. The minimum absolute atomic E-state index is 0.0584. The zero-order chi connectivity index (χ0) is 14.8. The predicted molar refractivity (Wildman–Crippen MR) is 76.6 cm³/mol. The molecule has 104 valence electrons. The monoisotopic (exact) mass is 281 g/mol. The SMILES string of the molecule is O=C(OC1=CCc2ccccc21)c1ccc([N+](=O)[O-])cc1. The molecule has 0 spiro atoms. The number of hydrogen-bond acceptors (Lipinski definition) is 4. The van der Waals surface area contributed by atoms with Crippen molar-refractivity contribution in [1.82, 2.24) is 0 Å². The van der Waals surface area contributed by atoms with Crippen molar-refractivity contribution < 1.29 is 14.5 Å². The number of carbonyl (C=O) groups is 1. The van der Waals surface area contributed by atoms with Gasteiger partial charge in [-0.3, -0.25) is 10.1 Å². The topological polar surface area (TPSA) is 69.4 Å². The van der Waals surface area contributed by atoms with Crippen molar-refractivity contribution in [3.8, 4) is 0 Å². The number of benzene rings is 2. The highest BCUT2D eigenvalue weighted by Gasteiger charge is 2.19. The number of esters is 1. The van der Waals surface area contributed by atoms with Crippen LogP contribution in [0.2, 0.25) is 0 Å². The molecular weight excluding hydrogens is 270 g/mol. The lowest BCUT2D eigenvalue weighted by Crippen LogP contribution is -2.04. The third-order valence-corrected chi connectivity index (χ3v) is 3.31. The normalized spacial score (nSPS) is 12.5. The molecule has 0 aromatic heterocycles. The van der Waals surface area contributed by atoms with Gasteiger partial charge in [0.25, 0.3) is 5.69 Å². The Kier molecular flexibility index (Phi) is 3.23. The van der Waals surface area contributed by atoms with E-state index in [9.17, 15) is 14.9 Å². The number of fused-ring (bicyclic) bond motifs is 1. The summed E-state index contributed by atoms with van der Waals surface area (Å²) in [5.74, 6) is 0.0156. The van der Waals surface area contributed by atoms with Gasteiger partial charge in [-0.1, -0.05) is 24.3 Å². The molecule has 0 heterocycles. The Morgan fingerprint density at radius 1 is 1.10 bits per heavy atom. The van der Waals surface area contributed by atoms with Crippen LogP contribution in [0.1, 0.15) is 21.5 Å². The standard InChI is InChI=1S/C16H11NO4/c18-16(12-5-8-13(9-6-12)17(19)20)21-15-10-7-11-3-1-2-4-14(11)15/h1-6,8-10H,7H2. The molecule has 0 amide bonds. The molecule has 1 aliphatic carbocycles. The molecule has 0 atom stereocenters. The Labute approximate surface area is 120 Å². The van der Waals surface area contributed by atoms with E-state index in [0.717, 1.165) is 17.5 Å². The number of nitro groups is 1. The first-order valence-electron chi connectivity index (χ1n) is 6.40. The highest BCUT2D eigenvalue weighted by Crippen LogP contribution is 2.28. The Bertz CT molecular complexity index is 747. The van der Waals surface area contributed by atoms with Gasteiger partial charge in [0.1, 0.15) is 5.76 Å². The maximum absolute atomic E-state index is 12.1. The van der Waals surface area contributed by atoms with Gasteiger partial charge in [0, 0.05) is 17.7 Å². The summed E-state index contributed by atoms with van der Waals surface area (Å²) in [6.45, 7) is 0. The Balaban J connectivity index is 1.77. The van der Waals surface area contributed by atoms with Gasteiger partial charge >= 0.3 is 5.97 Å². The molecule has 1 aliphatic rings. The van der Waals surface area contributed by atoms with E-state index < -0.39 is 10.9 Å². The van der Waals surface area contributed by atoms with Gasteiger partial charge in [0.05, 0.1) is 10.5 Å². The maximum atomic E-state index is 12.1. The molecule has 3 rings (SSSR count). The molecule has 5 nitrogen and oxygen atoms in total. The average molecular weight is 281 g/mol. The fourth-order valence-electron chi connectivity index (χ4n) is 2.23. The molecule has 0 saturated heterocycles. The van der Waals surface area contributed by atoms with E-state index >= 15 is 0 Å². The minimum atomic E-state index is -0.521. The van der Waals surface area contributed by atoms with Crippen LogP contribution in [0.5, 0.6) is 0 Å². The summed E-state index contributed by atoms with van der Waals surface area (Å²) in [6.07, 6.45) is 2.59. The number of ether oxygens (including phenoxy) is 1. The van der Waals surface area contributed by atoms with Gasteiger partial charge < -0.3 is 4.74 Å². The van der Waals surface area contributed by atoms with Crippen molar-refractivity contribution in [3.63, 3.8) is 0 Å². The number of nitro benzene ring substituents is 1. The van der Waals surface area contributed by atoms with Crippen LogP contribution in [0, 0.1) is 10.1 Å². The first kappa shape index (κ1) is 13.1. The summed E-state index contributed by atoms with van der Waals surface area (Å²) in [6, 6.07) is 13.1. The highest BCUT2D eigenvalue weighted by atomic mass is 16.6. The van der Waals surface area contributed by atoms with Gasteiger partial charge in [0.15, 0.2) is 0 Å². The fourth-order valence-corrected chi connectivity index (χ4v) is 2.23. The Hall–Kier alpha value is -2.95. The lowest BCUT2D eigenvalue weighted by molar-refractivity contribution is -0.384. The van der Waals surface area contributed by atoms with E-state index in [4.69, 9.17) is 4.74 Å². The largest absolute Gasteiger partial charge is 0.423 e. The number of carbonyl (C=O) groups excluding carboxylic acids is 1. The fraction of sp³-hybridized carbons (Fsp3) is 0.0625. The summed E-state index contributed by atoms with van der Waals surface area (Å²) in [7, 11) is 0. The van der Waals surface area contributed by atoms with Gasteiger partial charge in [-0.25, -0.2) is 4.79 Å². The van der Waals surface area contributed by atoms with Crippen LogP contribution in [0.25, 0.3) is 5.76 Å². The summed E-state index contributed by atoms with van der Waals surface area (Å²) in [4.78, 5) is 22.1. The third-order valence-electron chi connectivity index (χ3n) is 3.31. The van der Waals surface area contributed by atoms with Crippen molar-refractivity contribution in [2.24, 2.45) is 0 Å². The maximum Gasteiger partial charge on any atom is 0.343 e. The summed E-state index contributed by atoms with van der Waals surface area (Å²) >= 11 is 0. The molecular formula is C16H11NO4. The summed E-state index contributed by atoms with van der Waals surface area (Å²) in [5, 5.41) is 10.6. The van der Waals surface area contributed by atoms with Crippen LogP contribution >= 0.6 is 0 Å². The zero-order valence-electron chi connectivity index (χ0n) is 11.0. The molecule has 0 unspecified atom stereocenters. The second-order valence-electron chi connectivity index (χ2n) is 4.62. The van der Waals surface area contributed by atoms with E-state index in [-0.39, 0.29) is 11.3 Å². The van der Waals surface area contributed by atoms with Crippen molar-refractivity contribution >= 4 is 17.4 Å². The molecule has 0 aliphatic heterocycles. The van der Waals surface area contributed by atoms with Gasteiger partial charge in [-0.2, -0.15) is 0 Å². The lowest BCUT2D eigenvalue weighted by Gasteiger charge is -2.07. The average Bonchev–Trinajstić information content (AvgIpc) is 2.91. The molecule has 2 aromatic rings. The third kappa shape index (κ3) is 2.53. The van der Waals surface area contributed by atoms with Crippen LogP contribution < -0.4 is 0 Å². The van der Waals surface area contributed by atoms with Crippen LogP contribution in [0.3, 0.4) is 0 Å². The van der Waals surface area contributed by atoms with Crippen LogP contribution in [0.4, 0.5) is 5.69 Å². The first-order chi connectivity index (χ1) is 10.1. The van der Waals surface area contributed by atoms with Gasteiger partial charge in [0.2, 0.25) is 0 Å². The van der Waals surface area contributed by atoms with Crippen molar-refractivity contribution in [2.75, 3.05) is 0 Å². The predicted octanol–water partition coefficient (Wildman–Crippen LogP) is 3.35. The quantitative estimate of drug-likeness (QED) is 0.491. The number of rotatable bonds is 3. The van der Waals surface area contributed by atoms with E-state index in [2.05, 4.69) is 0 Å². The number of hydrogen-bond donors (Lipinski definition) is 0. The van der Waals surface area contributed by atoms with Crippen molar-refractivity contribution in [2.45, 2.75) is 6.42 Å². The molecule has 5 heteroatoms. The molecule has 0 fully saturated rings. The number of non-ortho nitro benzene ring substituents is 1. The van der Waals surface area contributed by atoms with Crippen molar-refractivity contribution in [1.29, 1.82) is 0 Å². The van der Waals surface area contributed by atoms with E-state index in [1.54, 1.807) is 0 Å². The van der Waals surface area contributed by atoms with Crippen LogP contribution in [-0.4, -0.2) is 10.9 Å². The smallest absolute Gasteiger partial charge is 0.343 e. The second kappa shape index (κ2) is 5.20. The molecule has 0 saturated carbocycles. The Morgan fingerprint density at radius 3 is 2.52 bits per heavy atom. The summed E-state index contributed by atoms with van der Waals surface area (Å²) < 4.78 is 5.38. The molecule has 2 aromatic carbocycles. The summed E-state index contributed by atoms with van der Waals surface area (Å²) in [5.41, 5.74) is 2.25. The van der Waals surface area contributed by atoms with Crippen molar-refractivity contribution in [3.05, 3.63) is 81.4 Å². The highest BCUT2D eigenvalue weighted by molar-refractivity contribution is 5.93. The number of nitrogens with zero attached hydrogens (tertiary/aromatic N) is 1. The minimum Gasteiger partial charge on any atom is -0.423 e. The Morgan fingerprint density at radius 2 is 1.81 bits per heavy atom. The second-order valence-corrected chi connectivity index (χ2v) is 4.62. The van der Waals surface area contributed by atoms with E-state index in [1.165, 1.54) is 24.3 Å². The molecule has 0 N–H and O–H groups in total. The van der Waals surface area contributed by atoms with Crippen LogP contribution in [0.15, 0.2) is 54.6 Å². The lowest BCUT2D eigenvalue weighted by atomic mass is 10.1. The van der Waals surface area contributed by atoms with Gasteiger partial charge in [-0.15, -0.1) is 0 Å². The molecule has 0 radical (unpaired) electrons. The zero-order valence-corrected chi connectivity index (χ0v) is 11.0.